The number of hydrogen-bond acceptors (Lipinski definition) is 6. The van der Waals surface area contributed by atoms with Crippen molar-refractivity contribution >= 4 is 21.5 Å². The van der Waals surface area contributed by atoms with E-state index in [1.807, 2.05) is 0 Å². The lowest BCUT2D eigenvalue weighted by Crippen LogP contribution is -2.61. The highest BCUT2D eigenvalue weighted by molar-refractivity contribution is 7.93. The average molecular weight is 444 g/mol. The Morgan fingerprint density at radius 2 is 1.71 bits per heavy atom. The molecule has 2 atom stereocenters. The number of ether oxygens (including phenoxy) is 2. The summed E-state index contributed by atoms with van der Waals surface area (Å²) in [5.41, 5.74) is 1.57. The van der Waals surface area contributed by atoms with Crippen molar-refractivity contribution in [3.05, 3.63) is 53.6 Å². The van der Waals surface area contributed by atoms with Crippen molar-refractivity contribution in [2.45, 2.75) is 41.9 Å². The van der Waals surface area contributed by atoms with Crippen molar-refractivity contribution in [2.24, 2.45) is 0 Å². The summed E-state index contributed by atoms with van der Waals surface area (Å²) in [6, 6.07) is 11.0. The number of fused-ring (bicyclic) bond motifs is 3. The fourth-order valence-electron chi connectivity index (χ4n) is 4.71. The number of sulfone groups is 1. The maximum absolute atomic E-state index is 13.6. The van der Waals surface area contributed by atoms with Gasteiger partial charge in [0.15, 0.2) is 31.9 Å². The SMILES string of the molecule is CC[C@@]1(S(=O)(=O)c2ccccc2)CN2C(=O)Cc3cc(OC)c(OC)cc3[C@@H]2CC1=O. The molecule has 0 saturated carbocycles. The zero-order valence-electron chi connectivity index (χ0n) is 17.8. The summed E-state index contributed by atoms with van der Waals surface area (Å²) < 4.78 is 36.2. The Bertz CT molecular complexity index is 1140. The van der Waals surface area contributed by atoms with E-state index in [0.717, 1.165) is 11.1 Å². The van der Waals surface area contributed by atoms with Gasteiger partial charge in [0, 0.05) is 13.0 Å². The van der Waals surface area contributed by atoms with Crippen LogP contribution in [-0.4, -0.2) is 50.5 Å². The van der Waals surface area contributed by atoms with Crippen LogP contribution in [0.4, 0.5) is 0 Å². The van der Waals surface area contributed by atoms with E-state index in [9.17, 15) is 18.0 Å². The minimum absolute atomic E-state index is 0.0614. The molecule has 0 bridgehead atoms. The highest BCUT2D eigenvalue weighted by Crippen LogP contribution is 2.46. The molecular weight excluding hydrogens is 418 g/mol. The molecule has 31 heavy (non-hydrogen) atoms. The molecule has 2 heterocycles. The van der Waals surface area contributed by atoms with Gasteiger partial charge >= 0.3 is 0 Å². The van der Waals surface area contributed by atoms with Crippen molar-refractivity contribution in [2.75, 3.05) is 20.8 Å². The topological polar surface area (TPSA) is 90.0 Å². The first-order valence-corrected chi connectivity index (χ1v) is 11.6. The number of rotatable bonds is 5. The van der Waals surface area contributed by atoms with E-state index in [2.05, 4.69) is 0 Å². The first-order valence-electron chi connectivity index (χ1n) is 10.2. The molecule has 164 valence electrons. The number of carbonyl (C=O) groups is 2. The number of hydrogen-bond donors (Lipinski definition) is 0. The Morgan fingerprint density at radius 3 is 2.32 bits per heavy atom. The molecule has 2 aliphatic rings. The van der Waals surface area contributed by atoms with Gasteiger partial charge in [0.25, 0.3) is 0 Å². The number of benzene rings is 2. The van der Waals surface area contributed by atoms with Crippen LogP contribution in [0.15, 0.2) is 47.4 Å². The van der Waals surface area contributed by atoms with Crippen molar-refractivity contribution in [1.29, 1.82) is 0 Å². The smallest absolute Gasteiger partial charge is 0.227 e. The summed E-state index contributed by atoms with van der Waals surface area (Å²) in [4.78, 5) is 28.2. The zero-order chi connectivity index (χ0) is 22.4. The number of carbonyl (C=O) groups excluding carboxylic acids is 2. The lowest BCUT2D eigenvalue weighted by atomic mass is 9.81. The summed E-state index contributed by atoms with van der Waals surface area (Å²) >= 11 is 0. The Labute approximate surface area is 181 Å². The Kier molecular flexibility index (Phi) is 5.29. The van der Waals surface area contributed by atoms with Gasteiger partial charge in [-0.25, -0.2) is 8.42 Å². The Hall–Kier alpha value is -2.87. The molecule has 0 N–H and O–H groups in total. The molecule has 1 fully saturated rings. The fourth-order valence-corrected chi connectivity index (χ4v) is 6.75. The summed E-state index contributed by atoms with van der Waals surface area (Å²) in [6.07, 6.45) is 0.151. The number of methoxy groups -OCH3 is 2. The standard InChI is InChI=1S/C23H25NO6S/c1-4-23(31(27,28)16-8-6-5-7-9-16)14-24-18(13-21(23)25)17-12-20(30-3)19(29-2)10-15(17)11-22(24)26/h5-10,12,18H,4,11,13-14H2,1-3H3/t18-,23+/m0/s1. The molecule has 2 aliphatic heterocycles. The van der Waals surface area contributed by atoms with Crippen LogP contribution < -0.4 is 9.47 Å². The van der Waals surface area contributed by atoms with Gasteiger partial charge in [-0.1, -0.05) is 25.1 Å². The van der Waals surface area contributed by atoms with Gasteiger partial charge in [-0.05, 0) is 41.8 Å². The summed E-state index contributed by atoms with van der Waals surface area (Å²) in [6.45, 7) is 1.53. The van der Waals surface area contributed by atoms with Crippen molar-refractivity contribution < 1.29 is 27.5 Å². The number of piperidine rings is 1. The summed E-state index contributed by atoms with van der Waals surface area (Å²) in [7, 11) is -0.938. The second-order valence-electron chi connectivity index (χ2n) is 7.91. The van der Waals surface area contributed by atoms with E-state index >= 15 is 0 Å². The Balaban J connectivity index is 1.80. The number of ketones is 1. The molecule has 0 aliphatic carbocycles. The molecule has 4 rings (SSSR count). The van der Waals surface area contributed by atoms with Crippen molar-refractivity contribution in [1.82, 2.24) is 4.90 Å². The van der Waals surface area contributed by atoms with Crippen LogP contribution in [0, 0.1) is 0 Å². The third kappa shape index (κ3) is 3.12. The summed E-state index contributed by atoms with van der Waals surface area (Å²) in [5.74, 6) is 0.459. The quantitative estimate of drug-likeness (QED) is 0.706. The number of amides is 1. The average Bonchev–Trinajstić information content (AvgIpc) is 2.78. The molecule has 2 aromatic carbocycles. The van der Waals surface area contributed by atoms with Gasteiger partial charge in [0.05, 0.1) is 31.6 Å². The molecule has 7 nitrogen and oxygen atoms in total. The second-order valence-corrected chi connectivity index (χ2v) is 10.2. The lowest BCUT2D eigenvalue weighted by molar-refractivity contribution is -0.140. The van der Waals surface area contributed by atoms with Crippen molar-refractivity contribution in [3.8, 4) is 11.5 Å². The van der Waals surface area contributed by atoms with Gasteiger partial charge in [-0.15, -0.1) is 0 Å². The predicted molar refractivity (Wildman–Crippen MR) is 114 cm³/mol. The number of nitrogens with zero attached hydrogens (tertiary/aromatic N) is 1. The summed E-state index contributed by atoms with van der Waals surface area (Å²) in [5, 5.41) is 0. The normalized spacial score (nSPS) is 23.2. The van der Waals surface area contributed by atoms with Crippen LogP contribution in [0.25, 0.3) is 0 Å². The first-order chi connectivity index (χ1) is 14.8. The number of Topliss-reactive ketones (excluding diaryl/α,β-unsaturated/α-hetero) is 1. The maximum Gasteiger partial charge on any atom is 0.227 e. The molecule has 1 amide bonds. The third-order valence-corrected chi connectivity index (χ3v) is 9.06. The van der Waals surface area contributed by atoms with Crippen LogP contribution in [0.1, 0.15) is 36.9 Å². The zero-order valence-corrected chi connectivity index (χ0v) is 18.6. The molecule has 8 heteroatoms. The van der Waals surface area contributed by atoms with E-state index in [1.165, 1.54) is 26.4 Å². The van der Waals surface area contributed by atoms with E-state index in [-0.39, 0.29) is 42.4 Å². The van der Waals surface area contributed by atoms with Gasteiger partial charge < -0.3 is 14.4 Å². The van der Waals surface area contributed by atoms with E-state index < -0.39 is 20.6 Å². The highest BCUT2D eigenvalue weighted by atomic mass is 32.2. The highest BCUT2D eigenvalue weighted by Gasteiger charge is 2.56. The van der Waals surface area contributed by atoms with E-state index in [0.29, 0.717) is 11.5 Å². The Morgan fingerprint density at radius 1 is 1.06 bits per heavy atom. The van der Waals surface area contributed by atoms with Gasteiger partial charge in [0.1, 0.15) is 0 Å². The maximum atomic E-state index is 13.6. The molecule has 0 aromatic heterocycles. The molecular formula is C23H25NO6S. The molecule has 2 aromatic rings. The molecule has 0 spiro atoms. The van der Waals surface area contributed by atoms with Gasteiger partial charge in [-0.2, -0.15) is 0 Å². The van der Waals surface area contributed by atoms with Crippen LogP contribution in [0.5, 0.6) is 11.5 Å². The van der Waals surface area contributed by atoms with Crippen LogP contribution in [0.2, 0.25) is 0 Å². The fraction of sp³-hybridized carbons (Fsp3) is 0.391. The van der Waals surface area contributed by atoms with Crippen molar-refractivity contribution in [3.63, 3.8) is 0 Å². The molecule has 0 radical (unpaired) electrons. The molecule has 0 unspecified atom stereocenters. The van der Waals surface area contributed by atoms with Crippen LogP contribution in [-0.2, 0) is 25.8 Å². The van der Waals surface area contributed by atoms with Gasteiger partial charge in [-0.3, -0.25) is 9.59 Å². The monoisotopic (exact) mass is 443 g/mol. The minimum Gasteiger partial charge on any atom is -0.493 e. The predicted octanol–water partition coefficient (Wildman–Crippen LogP) is 2.73. The lowest BCUT2D eigenvalue weighted by Gasteiger charge is -2.47. The third-order valence-electron chi connectivity index (χ3n) is 6.49. The van der Waals surface area contributed by atoms with E-state index in [4.69, 9.17) is 9.47 Å². The molecule has 1 saturated heterocycles. The van der Waals surface area contributed by atoms with Crippen LogP contribution in [0.3, 0.4) is 0 Å². The first kappa shape index (κ1) is 21.4. The van der Waals surface area contributed by atoms with Crippen LogP contribution >= 0.6 is 0 Å². The minimum atomic E-state index is -3.99. The largest absolute Gasteiger partial charge is 0.493 e. The van der Waals surface area contributed by atoms with E-state index in [1.54, 1.807) is 42.2 Å². The van der Waals surface area contributed by atoms with Gasteiger partial charge in [0.2, 0.25) is 5.91 Å². The second kappa shape index (κ2) is 7.67.